The van der Waals surface area contributed by atoms with Crippen LogP contribution in [0.2, 0.25) is 0 Å². The summed E-state index contributed by atoms with van der Waals surface area (Å²) in [6.45, 7) is 4.31. The third-order valence-corrected chi connectivity index (χ3v) is 8.57. The summed E-state index contributed by atoms with van der Waals surface area (Å²) in [5, 5.41) is 10.8. The van der Waals surface area contributed by atoms with Crippen LogP contribution < -0.4 is 4.74 Å². The summed E-state index contributed by atoms with van der Waals surface area (Å²) >= 11 is 3.44. The molecule has 0 spiro atoms. The first kappa shape index (κ1) is 30.1. The van der Waals surface area contributed by atoms with E-state index in [1.165, 1.54) is 6.92 Å². The van der Waals surface area contributed by atoms with Crippen LogP contribution in [0, 0.1) is 0 Å². The van der Waals surface area contributed by atoms with E-state index in [2.05, 4.69) is 0 Å². The first-order valence-corrected chi connectivity index (χ1v) is 14.1. The number of rotatable bonds is 9. The molecule has 38 heavy (non-hydrogen) atoms. The minimum atomic E-state index is -1.32. The average molecular weight is 573 g/mol. The minimum Gasteiger partial charge on any atom is -0.463 e. The maximum absolute atomic E-state index is 12.0. The Morgan fingerprint density at radius 1 is 0.868 bits per heavy atom. The van der Waals surface area contributed by atoms with Gasteiger partial charge in [0.05, 0.1) is 10.7 Å². The highest BCUT2D eigenvalue weighted by molar-refractivity contribution is 8.17. The summed E-state index contributed by atoms with van der Waals surface area (Å²) in [5.41, 5.74) is 0.714. The quantitative estimate of drug-likeness (QED) is 0.342. The van der Waals surface area contributed by atoms with Crippen molar-refractivity contribution in [3.63, 3.8) is 0 Å². The molecular formula is C25H32O11S2. The zero-order chi connectivity index (χ0) is 27.8. The molecule has 0 bridgehead atoms. The first-order valence-electron chi connectivity index (χ1n) is 12.0. The van der Waals surface area contributed by atoms with Crippen LogP contribution in [0.4, 0.5) is 0 Å². The number of aliphatic hydroxyl groups excluding tert-OH is 1. The molecule has 0 saturated carbocycles. The van der Waals surface area contributed by atoms with Gasteiger partial charge in [0.1, 0.15) is 18.5 Å². The van der Waals surface area contributed by atoms with Crippen molar-refractivity contribution in [1.82, 2.24) is 0 Å². The van der Waals surface area contributed by atoms with Crippen LogP contribution in [0.3, 0.4) is 0 Å². The monoisotopic (exact) mass is 572 g/mol. The Morgan fingerprint density at radius 2 is 1.42 bits per heavy atom. The molecular weight excluding hydrogens is 540 g/mol. The second-order valence-corrected chi connectivity index (χ2v) is 11.5. The van der Waals surface area contributed by atoms with Crippen LogP contribution in [-0.4, -0.2) is 82.4 Å². The van der Waals surface area contributed by atoms with Gasteiger partial charge in [-0.05, 0) is 35.6 Å². The number of esters is 4. The zero-order valence-corrected chi connectivity index (χ0v) is 23.2. The van der Waals surface area contributed by atoms with Gasteiger partial charge in [0, 0.05) is 27.7 Å². The van der Waals surface area contributed by atoms with Crippen molar-refractivity contribution >= 4 is 47.4 Å². The Kier molecular flexibility index (Phi) is 11.1. The van der Waals surface area contributed by atoms with Crippen molar-refractivity contribution in [2.45, 2.75) is 75.5 Å². The third kappa shape index (κ3) is 8.52. The Morgan fingerprint density at radius 3 is 1.97 bits per heavy atom. The molecule has 2 aliphatic heterocycles. The predicted octanol–water partition coefficient (Wildman–Crippen LogP) is 2.38. The van der Waals surface area contributed by atoms with Gasteiger partial charge < -0.3 is 33.5 Å². The number of carbonyl (C=O) groups is 4. The fourth-order valence-electron chi connectivity index (χ4n) is 4.01. The highest BCUT2D eigenvalue weighted by Gasteiger charge is 2.53. The Balaban J connectivity index is 1.86. The predicted molar refractivity (Wildman–Crippen MR) is 137 cm³/mol. The van der Waals surface area contributed by atoms with Gasteiger partial charge in [0.25, 0.3) is 0 Å². The lowest BCUT2D eigenvalue weighted by Gasteiger charge is -2.43. The standard InChI is InChI=1S/C25H32O11S2/c1-13(26)31-12-19-21(32-14(2)27)22(33-15(3)28)23(34-16(4)29)24(36-19)35-18-8-6-17(7-9-18)20(30)25-37-10-5-11-38-25/h6-9,19-25,30H,5,10-12H2,1-4H3/t19-,20?,21+,22+,23-,24?/m1/s1. The molecule has 0 aliphatic carbocycles. The van der Waals surface area contributed by atoms with Gasteiger partial charge in [-0.3, -0.25) is 19.2 Å². The molecule has 2 unspecified atom stereocenters. The fourth-order valence-corrected chi connectivity index (χ4v) is 6.92. The molecule has 1 N–H and O–H groups in total. The second kappa shape index (κ2) is 14.1. The number of aliphatic hydroxyl groups is 1. The van der Waals surface area contributed by atoms with Crippen LogP contribution in [0.25, 0.3) is 0 Å². The lowest BCUT2D eigenvalue weighted by Crippen LogP contribution is -2.63. The Bertz CT molecular complexity index is 980. The molecule has 3 rings (SSSR count). The first-order chi connectivity index (χ1) is 18.0. The SMILES string of the molecule is CC(=O)OC[C@H]1OC(Oc2ccc(C(O)C3SCCCS3)cc2)[C@H](OC(C)=O)[C@@H](OC(C)=O)[C@H]1OC(C)=O. The van der Waals surface area contributed by atoms with Gasteiger partial charge in [0.2, 0.25) is 12.4 Å². The average Bonchev–Trinajstić information content (AvgIpc) is 2.86. The van der Waals surface area contributed by atoms with Crippen molar-refractivity contribution in [3.8, 4) is 5.75 Å². The molecule has 210 valence electrons. The van der Waals surface area contributed by atoms with Crippen molar-refractivity contribution in [2.24, 2.45) is 0 Å². The van der Waals surface area contributed by atoms with E-state index in [0.717, 1.165) is 38.7 Å². The number of ether oxygens (including phenoxy) is 6. The Labute approximate surface area is 229 Å². The highest BCUT2D eigenvalue weighted by atomic mass is 32.2. The van der Waals surface area contributed by atoms with Crippen LogP contribution in [0.1, 0.15) is 45.8 Å². The number of hydrogen-bond donors (Lipinski definition) is 1. The summed E-state index contributed by atoms with van der Waals surface area (Å²) in [7, 11) is 0. The van der Waals surface area contributed by atoms with E-state index in [-0.39, 0.29) is 11.2 Å². The molecule has 11 nitrogen and oxygen atoms in total. The topological polar surface area (TPSA) is 144 Å². The molecule has 0 aromatic heterocycles. The zero-order valence-electron chi connectivity index (χ0n) is 21.5. The highest BCUT2D eigenvalue weighted by Crippen LogP contribution is 2.39. The smallest absolute Gasteiger partial charge is 0.303 e. The maximum Gasteiger partial charge on any atom is 0.303 e. The largest absolute Gasteiger partial charge is 0.463 e. The van der Waals surface area contributed by atoms with E-state index in [1.54, 1.807) is 47.8 Å². The molecule has 2 aliphatic rings. The van der Waals surface area contributed by atoms with Crippen molar-refractivity contribution in [1.29, 1.82) is 0 Å². The normalized spacial score (nSPS) is 26.5. The van der Waals surface area contributed by atoms with Crippen molar-refractivity contribution < 1.29 is 52.7 Å². The van der Waals surface area contributed by atoms with E-state index >= 15 is 0 Å². The number of thioether (sulfide) groups is 2. The van der Waals surface area contributed by atoms with Gasteiger partial charge >= 0.3 is 23.9 Å². The van der Waals surface area contributed by atoms with Gasteiger partial charge in [0.15, 0.2) is 12.2 Å². The molecule has 1 aromatic rings. The van der Waals surface area contributed by atoms with E-state index < -0.39 is 60.7 Å². The maximum atomic E-state index is 12.0. The summed E-state index contributed by atoms with van der Waals surface area (Å²) in [6, 6.07) is 6.71. The summed E-state index contributed by atoms with van der Waals surface area (Å²) in [6.07, 6.45) is -5.88. The molecule has 0 radical (unpaired) electrons. The summed E-state index contributed by atoms with van der Waals surface area (Å²) in [4.78, 5) is 47.2. The molecule has 2 saturated heterocycles. The molecule has 2 fully saturated rings. The minimum absolute atomic E-state index is 0.0373. The lowest BCUT2D eigenvalue weighted by molar-refractivity contribution is -0.288. The number of carbonyl (C=O) groups excluding carboxylic acids is 4. The second-order valence-electron chi connectivity index (χ2n) is 8.66. The van der Waals surface area contributed by atoms with Crippen LogP contribution in [0.15, 0.2) is 24.3 Å². The summed E-state index contributed by atoms with van der Waals surface area (Å²) < 4.78 is 33.2. The van der Waals surface area contributed by atoms with Gasteiger partial charge in [-0.15, -0.1) is 23.5 Å². The van der Waals surface area contributed by atoms with E-state index in [4.69, 9.17) is 28.4 Å². The van der Waals surface area contributed by atoms with Crippen LogP contribution in [0.5, 0.6) is 5.75 Å². The van der Waals surface area contributed by atoms with Gasteiger partial charge in [-0.2, -0.15) is 0 Å². The van der Waals surface area contributed by atoms with E-state index in [1.807, 2.05) is 0 Å². The summed E-state index contributed by atoms with van der Waals surface area (Å²) in [5.74, 6) is -0.461. The molecule has 6 atom stereocenters. The number of benzene rings is 1. The van der Waals surface area contributed by atoms with Crippen LogP contribution >= 0.6 is 23.5 Å². The van der Waals surface area contributed by atoms with Crippen molar-refractivity contribution in [3.05, 3.63) is 29.8 Å². The van der Waals surface area contributed by atoms with Gasteiger partial charge in [-0.25, -0.2) is 0 Å². The Hall–Kier alpha value is -2.48. The lowest BCUT2D eigenvalue weighted by atomic mass is 9.98. The van der Waals surface area contributed by atoms with E-state index in [9.17, 15) is 24.3 Å². The molecule has 2 heterocycles. The van der Waals surface area contributed by atoms with Crippen molar-refractivity contribution in [2.75, 3.05) is 18.1 Å². The van der Waals surface area contributed by atoms with Crippen LogP contribution in [-0.2, 0) is 42.9 Å². The molecule has 1 aromatic carbocycles. The third-order valence-electron chi connectivity index (χ3n) is 5.53. The van der Waals surface area contributed by atoms with Gasteiger partial charge in [-0.1, -0.05) is 12.1 Å². The molecule has 0 amide bonds. The fraction of sp³-hybridized carbons (Fsp3) is 0.600. The molecule has 13 heteroatoms. The van der Waals surface area contributed by atoms with E-state index in [0.29, 0.717) is 11.3 Å². The number of hydrogen-bond acceptors (Lipinski definition) is 13.